The maximum atomic E-state index is 12.2. The van der Waals surface area contributed by atoms with E-state index < -0.39 is 0 Å². The highest BCUT2D eigenvalue weighted by Crippen LogP contribution is 2.26. The highest BCUT2D eigenvalue weighted by atomic mass is 16.2. The summed E-state index contributed by atoms with van der Waals surface area (Å²) in [6.45, 7) is 6.43. The first kappa shape index (κ1) is 15.9. The van der Waals surface area contributed by atoms with Crippen molar-refractivity contribution in [2.24, 2.45) is 0 Å². The minimum absolute atomic E-state index is 0.0293. The van der Waals surface area contributed by atoms with Crippen LogP contribution in [0, 0.1) is 0 Å². The van der Waals surface area contributed by atoms with Crippen molar-refractivity contribution >= 4 is 6.03 Å². The first-order chi connectivity index (χ1) is 10.00. The van der Waals surface area contributed by atoms with Gasteiger partial charge >= 0.3 is 6.03 Å². The lowest BCUT2D eigenvalue weighted by molar-refractivity contribution is 0.223. The molecular weight excluding hydrogens is 260 g/mol. The molecule has 2 amide bonds. The topological polar surface area (TPSA) is 41.1 Å². The zero-order valence-corrected chi connectivity index (χ0v) is 13.5. The van der Waals surface area contributed by atoms with Gasteiger partial charge in [0.15, 0.2) is 0 Å². The van der Waals surface area contributed by atoms with Crippen molar-refractivity contribution in [1.82, 2.24) is 10.6 Å². The highest BCUT2D eigenvalue weighted by molar-refractivity contribution is 5.74. The third kappa shape index (κ3) is 4.23. The molecule has 0 spiro atoms. The van der Waals surface area contributed by atoms with Crippen LogP contribution >= 0.6 is 0 Å². The second-order valence-electron chi connectivity index (χ2n) is 6.76. The van der Waals surface area contributed by atoms with Crippen LogP contribution in [0.2, 0.25) is 0 Å². The maximum Gasteiger partial charge on any atom is 0.315 e. The molecule has 1 unspecified atom stereocenters. The molecule has 1 fully saturated rings. The lowest BCUT2D eigenvalue weighted by Gasteiger charge is -2.34. The molecule has 21 heavy (non-hydrogen) atoms. The molecule has 2 rings (SSSR count). The fourth-order valence-corrected chi connectivity index (χ4v) is 2.97. The molecule has 1 aromatic carbocycles. The molecule has 2 N–H and O–H groups in total. The fourth-order valence-electron chi connectivity index (χ4n) is 2.97. The van der Waals surface area contributed by atoms with Crippen molar-refractivity contribution in [2.45, 2.75) is 70.4 Å². The quantitative estimate of drug-likeness (QED) is 0.864. The molecule has 0 aromatic heterocycles. The molecule has 0 saturated heterocycles. The van der Waals surface area contributed by atoms with E-state index in [1.165, 1.54) is 24.8 Å². The Hall–Kier alpha value is -1.51. The summed E-state index contributed by atoms with van der Waals surface area (Å²) in [6.07, 6.45) is 6.00. The van der Waals surface area contributed by atoms with E-state index >= 15 is 0 Å². The van der Waals surface area contributed by atoms with Gasteiger partial charge in [-0.3, -0.25) is 0 Å². The number of benzene rings is 1. The van der Waals surface area contributed by atoms with Crippen molar-refractivity contribution in [3.8, 4) is 0 Å². The third-order valence-corrected chi connectivity index (χ3v) is 4.89. The van der Waals surface area contributed by atoms with Gasteiger partial charge in [-0.1, -0.05) is 63.4 Å². The summed E-state index contributed by atoms with van der Waals surface area (Å²) < 4.78 is 0. The van der Waals surface area contributed by atoms with E-state index in [1.807, 2.05) is 18.2 Å². The molecule has 0 radical (unpaired) electrons. The van der Waals surface area contributed by atoms with E-state index in [4.69, 9.17) is 0 Å². The van der Waals surface area contributed by atoms with Gasteiger partial charge < -0.3 is 10.6 Å². The lowest BCUT2D eigenvalue weighted by atomic mass is 9.78. The van der Waals surface area contributed by atoms with Crippen LogP contribution < -0.4 is 10.6 Å². The lowest BCUT2D eigenvalue weighted by Crippen LogP contribution is -2.51. The van der Waals surface area contributed by atoms with Gasteiger partial charge in [-0.25, -0.2) is 4.79 Å². The van der Waals surface area contributed by atoms with E-state index in [0.29, 0.717) is 6.04 Å². The van der Waals surface area contributed by atoms with Crippen LogP contribution in [0.3, 0.4) is 0 Å². The Morgan fingerprint density at radius 1 is 1.14 bits per heavy atom. The standard InChI is InChI=1S/C18H28N2O/c1-14(18(2,3)15-10-6-4-7-11-15)19-17(21)20-16-12-8-5-9-13-16/h4,6-7,10-11,14,16H,5,8-9,12-13H2,1-3H3,(H2,19,20,21). The Morgan fingerprint density at radius 3 is 2.38 bits per heavy atom. The predicted molar refractivity (Wildman–Crippen MR) is 87.5 cm³/mol. The van der Waals surface area contributed by atoms with Gasteiger partial charge in [0.05, 0.1) is 0 Å². The van der Waals surface area contributed by atoms with Gasteiger partial charge in [-0.15, -0.1) is 0 Å². The second-order valence-corrected chi connectivity index (χ2v) is 6.76. The molecule has 1 atom stereocenters. The average Bonchev–Trinajstić information content (AvgIpc) is 2.49. The number of urea groups is 1. The van der Waals surface area contributed by atoms with Crippen LogP contribution in [0.5, 0.6) is 0 Å². The summed E-state index contributed by atoms with van der Waals surface area (Å²) >= 11 is 0. The molecule has 1 aliphatic carbocycles. The molecule has 0 bridgehead atoms. The number of hydrogen-bond acceptors (Lipinski definition) is 1. The van der Waals surface area contributed by atoms with E-state index in [-0.39, 0.29) is 17.5 Å². The zero-order valence-electron chi connectivity index (χ0n) is 13.5. The van der Waals surface area contributed by atoms with Crippen LogP contribution in [0.4, 0.5) is 4.79 Å². The van der Waals surface area contributed by atoms with Gasteiger partial charge in [-0.2, -0.15) is 0 Å². The number of nitrogens with one attached hydrogen (secondary N) is 2. The van der Waals surface area contributed by atoms with E-state index in [1.54, 1.807) is 0 Å². The minimum Gasteiger partial charge on any atom is -0.335 e. The molecule has 1 aromatic rings. The van der Waals surface area contributed by atoms with Gasteiger partial charge in [0, 0.05) is 17.5 Å². The van der Waals surface area contributed by atoms with Gasteiger partial charge in [0.2, 0.25) is 0 Å². The largest absolute Gasteiger partial charge is 0.335 e. The smallest absolute Gasteiger partial charge is 0.315 e. The van der Waals surface area contributed by atoms with Crippen LogP contribution in [-0.4, -0.2) is 18.1 Å². The maximum absolute atomic E-state index is 12.2. The number of hydrogen-bond donors (Lipinski definition) is 2. The van der Waals surface area contributed by atoms with Crippen molar-refractivity contribution in [2.75, 3.05) is 0 Å². The van der Waals surface area contributed by atoms with E-state index in [2.05, 4.69) is 43.5 Å². The van der Waals surface area contributed by atoms with Crippen molar-refractivity contribution in [3.05, 3.63) is 35.9 Å². The summed E-state index contributed by atoms with van der Waals surface area (Å²) in [5.41, 5.74) is 1.15. The number of amides is 2. The molecule has 0 aliphatic heterocycles. The molecule has 1 saturated carbocycles. The Balaban J connectivity index is 1.90. The second kappa shape index (κ2) is 6.97. The Kier molecular flexibility index (Phi) is 5.27. The van der Waals surface area contributed by atoms with Crippen LogP contribution in [0.25, 0.3) is 0 Å². The number of carbonyl (C=O) groups is 1. The first-order valence-corrected chi connectivity index (χ1v) is 8.12. The Labute approximate surface area is 128 Å². The summed E-state index contributed by atoms with van der Waals surface area (Å²) in [5, 5.41) is 6.24. The SMILES string of the molecule is CC(NC(=O)NC1CCCCC1)C(C)(C)c1ccccc1. The van der Waals surface area contributed by atoms with E-state index in [9.17, 15) is 4.79 Å². The zero-order chi connectivity index (χ0) is 15.3. The van der Waals surface area contributed by atoms with Gasteiger partial charge in [0.25, 0.3) is 0 Å². The van der Waals surface area contributed by atoms with Crippen LogP contribution in [0.15, 0.2) is 30.3 Å². The molecule has 116 valence electrons. The van der Waals surface area contributed by atoms with Crippen molar-refractivity contribution in [3.63, 3.8) is 0 Å². The predicted octanol–water partition coefficient (Wildman–Crippen LogP) is 3.98. The minimum atomic E-state index is -0.0921. The van der Waals surface area contributed by atoms with Gasteiger partial charge in [-0.05, 0) is 25.3 Å². The molecule has 0 heterocycles. The van der Waals surface area contributed by atoms with Crippen LogP contribution in [-0.2, 0) is 5.41 Å². The van der Waals surface area contributed by atoms with Crippen molar-refractivity contribution in [1.29, 1.82) is 0 Å². The molecule has 3 heteroatoms. The van der Waals surface area contributed by atoms with Gasteiger partial charge in [0.1, 0.15) is 0 Å². The third-order valence-electron chi connectivity index (χ3n) is 4.89. The average molecular weight is 288 g/mol. The van der Waals surface area contributed by atoms with Crippen LogP contribution in [0.1, 0.15) is 58.4 Å². The van der Waals surface area contributed by atoms with E-state index in [0.717, 1.165) is 12.8 Å². The summed E-state index contributed by atoms with van der Waals surface area (Å²) in [4.78, 5) is 12.2. The summed E-state index contributed by atoms with van der Waals surface area (Å²) in [7, 11) is 0. The highest BCUT2D eigenvalue weighted by Gasteiger charge is 2.29. The summed E-state index contributed by atoms with van der Waals surface area (Å²) in [5.74, 6) is 0. The van der Waals surface area contributed by atoms with Crippen molar-refractivity contribution < 1.29 is 4.79 Å². The molecular formula is C18H28N2O. The molecule has 3 nitrogen and oxygen atoms in total. The first-order valence-electron chi connectivity index (χ1n) is 8.12. The Morgan fingerprint density at radius 2 is 1.76 bits per heavy atom. The Bertz CT molecular complexity index is 450. The number of carbonyl (C=O) groups excluding carboxylic acids is 1. The monoisotopic (exact) mass is 288 g/mol. The fraction of sp³-hybridized carbons (Fsp3) is 0.611. The number of rotatable bonds is 4. The summed E-state index contributed by atoms with van der Waals surface area (Å²) in [6, 6.07) is 10.8. The normalized spacial score (nSPS) is 18.0. The molecule has 1 aliphatic rings.